The Hall–Kier alpha value is -2.44. The predicted octanol–water partition coefficient (Wildman–Crippen LogP) is 2.50. The third kappa shape index (κ3) is 7.33. The van der Waals surface area contributed by atoms with Crippen molar-refractivity contribution >= 4 is 17.7 Å². The van der Waals surface area contributed by atoms with Gasteiger partial charge < -0.3 is 14.7 Å². The number of rotatable bonds is 10. The van der Waals surface area contributed by atoms with Gasteiger partial charge in [-0.05, 0) is 50.2 Å². The van der Waals surface area contributed by atoms with Gasteiger partial charge in [0.1, 0.15) is 0 Å². The molecule has 0 radical (unpaired) electrons. The maximum atomic E-state index is 12.6. The Morgan fingerprint density at radius 2 is 2.06 bits per heavy atom. The van der Waals surface area contributed by atoms with E-state index in [4.69, 9.17) is 0 Å². The Kier molecular flexibility index (Phi) is 8.85. The SMILES string of the molecule is CN(CCc1ccccn1)C(=O)CCC1CCCN(C(=O)CCCN2CCCC2=O)C1. The second-order valence-electron chi connectivity index (χ2n) is 8.86. The zero-order chi connectivity index (χ0) is 22.1. The maximum Gasteiger partial charge on any atom is 0.222 e. The molecule has 2 aliphatic rings. The third-order valence-electron chi connectivity index (χ3n) is 6.48. The van der Waals surface area contributed by atoms with Crippen LogP contribution in [-0.2, 0) is 20.8 Å². The van der Waals surface area contributed by atoms with Crippen LogP contribution in [0.15, 0.2) is 24.4 Å². The standard InChI is InChI=1S/C24H36N4O3/c1-26(18-13-21-8-2-3-14-25-21)22(29)12-11-20-7-4-17-28(19-20)24(31)10-6-16-27-15-5-9-23(27)30/h2-3,8,14,20H,4-7,9-13,15-19H2,1H3. The van der Waals surface area contributed by atoms with E-state index in [-0.39, 0.29) is 17.7 Å². The Balaban J connectivity index is 1.33. The van der Waals surface area contributed by atoms with E-state index in [1.165, 1.54) is 0 Å². The van der Waals surface area contributed by atoms with Crippen molar-refractivity contribution < 1.29 is 14.4 Å². The minimum absolute atomic E-state index is 0.162. The zero-order valence-electron chi connectivity index (χ0n) is 18.8. The lowest BCUT2D eigenvalue weighted by atomic mass is 9.93. The number of likely N-dealkylation sites (N-methyl/N-ethyl adjacent to an activating group) is 1. The predicted molar refractivity (Wildman–Crippen MR) is 119 cm³/mol. The number of nitrogens with zero attached hydrogens (tertiary/aromatic N) is 4. The molecule has 1 aromatic heterocycles. The number of hydrogen-bond acceptors (Lipinski definition) is 4. The number of carbonyl (C=O) groups excluding carboxylic acids is 3. The topological polar surface area (TPSA) is 73.8 Å². The van der Waals surface area contributed by atoms with Gasteiger partial charge in [-0.15, -0.1) is 0 Å². The van der Waals surface area contributed by atoms with Crippen molar-refractivity contribution in [2.75, 3.05) is 39.8 Å². The molecule has 3 amide bonds. The van der Waals surface area contributed by atoms with Crippen molar-refractivity contribution in [3.8, 4) is 0 Å². The summed E-state index contributed by atoms with van der Waals surface area (Å²) in [5, 5.41) is 0. The van der Waals surface area contributed by atoms with Crippen LogP contribution in [-0.4, -0.2) is 77.2 Å². The van der Waals surface area contributed by atoms with Gasteiger partial charge in [-0.3, -0.25) is 19.4 Å². The van der Waals surface area contributed by atoms with E-state index in [0.29, 0.717) is 38.3 Å². The summed E-state index contributed by atoms with van der Waals surface area (Å²) < 4.78 is 0. The van der Waals surface area contributed by atoms with Crippen molar-refractivity contribution in [1.82, 2.24) is 19.7 Å². The fraction of sp³-hybridized carbons (Fsp3) is 0.667. The summed E-state index contributed by atoms with van der Waals surface area (Å²) in [5.41, 5.74) is 0.998. The van der Waals surface area contributed by atoms with E-state index in [9.17, 15) is 14.4 Å². The molecule has 2 fully saturated rings. The molecule has 170 valence electrons. The normalized spacial score (nSPS) is 19.0. The molecule has 0 N–H and O–H groups in total. The van der Waals surface area contributed by atoms with Crippen molar-refractivity contribution in [3.63, 3.8) is 0 Å². The van der Waals surface area contributed by atoms with Crippen LogP contribution in [0.3, 0.4) is 0 Å². The van der Waals surface area contributed by atoms with E-state index < -0.39 is 0 Å². The van der Waals surface area contributed by atoms with Crippen LogP contribution >= 0.6 is 0 Å². The van der Waals surface area contributed by atoms with E-state index in [2.05, 4.69) is 4.98 Å². The van der Waals surface area contributed by atoms with Crippen LogP contribution in [0.1, 0.15) is 57.1 Å². The lowest BCUT2D eigenvalue weighted by Gasteiger charge is -2.33. The molecule has 1 aromatic rings. The summed E-state index contributed by atoms with van der Waals surface area (Å²) in [6.07, 6.45) is 8.83. The van der Waals surface area contributed by atoms with Crippen LogP contribution in [0.5, 0.6) is 0 Å². The Labute approximate surface area is 185 Å². The van der Waals surface area contributed by atoms with Crippen molar-refractivity contribution in [2.24, 2.45) is 5.92 Å². The molecular weight excluding hydrogens is 392 g/mol. The van der Waals surface area contributed by atoms with Gasteiger partial charge in [-0.25, -0.2) is 0 Å². The highest BCUT2D eigenvalue weighted by molar-refractivity contribution is 5.78. The summed E-state index contributed by atoms with van der Waals surface area (Å²) in [5.74, 6) is 0.968. The molecule has 0 aliphatic carbocycles. The molecule has 2 aliphatic heterocycles. The fourth-order valence-corrected chi connectivity index (χ4v) is 4.52. The minimum atomic E-state index is 0.162. The molecule has 31 heavy (non-hydrogen) atoms. The Morgan fingerprint density at radius 1 is 1.19 bits per heavy atom. The highest BCUT2D eigenvalue weighted by atomic mass is 16.2. The van der Waals surface area contributed by atoms with Crippen LogP contribution < -0.4 is 0 Å². The van der Waals surface area contributed by atoms with E-state index in [1.54, 1.807) is 11.1 Å². The first-order valence-corrected chi connectivity index (χ1v) is 11.7. The van der Waals surface area contributed by atoms with Gasteiger partial charge in [-0.1, -0.05) is 6.07 Å². The van der Waals surface area contributed by atoms with E-state index in [1.807, 2.05) is 35.0 Å². The van der Waals surface area contributed by atoms with Gasteiger partial charge in [0.25, 0.3) is 0 Å². The minimum Gasteiger partial charge on any atom is -0.345 e. The molecular formula is C24H36N4O3. The molecule has 1 unspecified atom stereocenters. The average molecular weight is 429 g/mol. The zero-order valence-corrected chi connectivity index (χ0v) is 18.8. The summed E-state index contributed by atoms with van der Waals surface area (Å²) in [7, 11) is 1.85. The van der Waals surface area contributed by atoms with Gasteiger partial charge in [0, 0.05) is 77.3 Å². The molecule has 7 nitrogen and oxygen atoms in total. The first kappa shape index (κ1) is 23.2. The lowest BCUT2D eigenvalue weighted by Crippen LogP contribution is -2.40. The van der Waals surface area contributed by atoms with E-state index >= 15 is 0 Å². The molecule has 0 saturated carbocycles. The Bertz CT molecular complexity index is 740. The number of hydrogen-bond donors (Lipinski definition) is 0. The van der Waals surface area contributed by atoms with E-state index in [0.717, 1.165) is 63.9 Å². The molecule has 2 saturated heterocycles. The summed E-state index contributed by atoms with van der Waals surface area (Å²) in [6.45, 7) is 3.78. The largest absolute Gasteiger partial charge is 0.345 e. The van der Waals surface area contributed by atoms with Crippen LogP contribution in [0.25, 0.3) is 0 Å². The van der Waals surface area contributed by atoms with Crippen LogP contribution in [0, 0.1) is 5.92 Å². The smallest absolute Gasteiger partial charge is 0.222 e. The summed E-state index contributed by atoms with van der Waals surface area (Å²) in [4.78, 5) is 46.7. The van der Waals surface area contributed by atoms with Crippen molar-refractivity contribution in [2.45, 2.75) is 57.8 Å². The van der Waals surface area contributed by atoms with Crippen molar-refractivity contribution in [3.05, 3.63) is 30.1 Å². The van der Waals surface area contributed by atoms with Gasteiger partial charge in [0.05, 0.1) is 0 Å². The monoisotopic (exact) mass is 428 g/mol. The van der Waals surface area contributed by atoms with Crippen LogP contribution in [0.2, 0.25) is 0 Å². The second-order valence-corrected chi connectivity index (χ2v) is 8.86. The number of amides is 3. The molecule has 0 aromatic carbocycles. The van der Waals surface area contributed by atoms with Crippen molar-refractivity contribution in [1.29, 1.82) is 0 Å². The van der Waals surface area contributed by atoms with Gasteiger partial charge >= 0.3 is 0 Å². The maximum absolute atomic E-state index is 12.6. The highest BCUT2D eigenvalue weighted by Crippen LogP contribution is 2.22. The Morgan fingerprint density at radius 3 is 2.81 bits per heavy atom. The average Bonchev–Trinajstić information content (AvgIpc) is 3.21. The van der Waals surface area contributed by atoms with Gasteiger partial charge in [0.2, 0.25) is 17.7 Å². The first-order chi connectivity index (χ1) is 15.0. The number of piperidine rings is 1. The lowest BCUT2D eigenvalue weighted by molar-refractivity contribution is -0.134. The molecule has 0 bridgehead atoms. The van der Waals surface area contributed by atoms with Gasteiger partial charge in [0.15, 0.2) is 0 Å². The number of aromatic nitrogens is 1. The number of carbonyl (C=O) groups is 3. The second kappa shape index (κ2) is 11.8. The number of likely N-dealkylation sites (tertiary alicyclic amines) is 2. The van der Waals surface area contributed by atoms with Crippen LogP contribution in [0.4, 0.5) is 0 Å². The number of pyridine rings is 1. The molecule has 3 heterocycles. The highest BCUT2D eigenvalue weighted by Gasteiger charge is 2.25. The molecule has 1 atom stereocenters. The fourth-order valence-electron chi connectivity index (χ4n) is 4.52. The molecule has 3 rings (SSSR count). The first-order valence-electron chi connectivity index (χ1n) is 11.7. The van der Waals surface area contributed by atoms with Gasteiger partial charge in [-0.2, -0.15) is 0 Å². The third-order valence-corrected chi connectivity index (χ3v) is 6.48. The quantitative estimate of drug-likeness (QED) is 0.574. The molecule has 0 spiro atoms. The summed E-state index contributed by atoms with van der Waals surface area (Å²) in [6, 6.07) is 5.84. The molecule has 7 heteroatoms. The summed E-state index contributed by atoms with van der Waals surface area (Å²) >= 11 is 0.